The van der Waals surface area contributed by atoms with Crippen LogP contribution < -0.4 is 5.32 Å². The summed E-state index contributed by atoms with van der Waals surface area (Å²) in [7, 11) is -4.40. The van der Waals surface area contributed by atoms with Crippen molar-refractivity contribution in [1.29, 1.82) is 0 Å². The fraction of sp³-hybridized carbons (Fsp3) is 0.886. The van der Waals surface area contributed by atoms with E-state index in [0.717, 1.165) is 44.9 Å². The quantitative estimate of drug-likeness (QED) is 0.0269. The second-order valence-corrected chi connectivity index (χ2v) is 13.7. The molecule has 266 valence electrons. The van der Waals surface area contributed by atoms with E-state index in [9.17, 15) is 24.2 Å². The first-order valence-corrected chi connectivity index (χ1v) is 19.7. The van der Waals surface area contributed by atoms with E-state index in [-0.39, 0.29) is 32.1 Å². The molecule has 0 rings (SSSR count). The summed E-state index contributed by atoms with van der Waals surface area (Å²) in [4.78, 5) is 33.6. The number of ether oxygens (including phenoxy) is 1. The minimum Gasteiger partial charge on any atom is -0.463 e. The monoisotopic (exact) mass is 661 g/mol. The fourth-order valence-corrected chi connectivity index (χ4v) is 5.66. The highest BCUT2D eigenvalue weighted by atomic mass is 31.2. The van der Waals surface area contributed by atoms with Crippen molar-refractivity contribution in [2.24, 2.45) is 0 Å². The van der Waals surface area contributed by atoms with Crippen LogP contribution in [0.4, 0.5) is 0 Å². The number of carbonyl (C=O) groups excluding carboxylic acids is 2. The van der Waals surface area contributed by atoms with Crippen molar-refractivity contribution in [3.63, 3.8) is 0 Å². The van der Waals surface area contributed by atoms with Gasteiger partial charge in [-0.15, -0.1) is 0 Å². The molecule has 0 saturated heterocycles. The van der Waals surface area contributed by atoms with Gasteiger partial charge in [0, 0.05) is 19.4 Å². The summed E-state index contributed by atoms with van der Waals surface area (Å²) in [5.74, 6) is -0.525. The molecule has 0 fully saturated rings. The van der Waals surface area contributed by atoms with E-state index < -0.39 is 26.5 Å². The molecule has 0 spiro atoms. The Morgan fingerprint density at radius 2 is 1.13 bits per heavy atom. The van der Waals surface area contributed by atoms with Gasteiger partial charge in [0.1, 0.15) is 12.7 Å². The molecular weight excluding hydrogens is 593 g/mol. The number of rotatable bonds is 34. The van der Waals surface area contributed by atoms with Gasteiger partial charge in [-0.3, -0.25) is 18.6 Å². The summed E-state index contributed by atoms with van der Waals surface area (Å²) in [6.45, 7) is 3.50. The zero-order valence-corrected chi connectivity index (χ0v) is 29.7. The Kier molecular flexibility index (Phi) is 31.8. The Labute approximate surface area is 275 Å². The van der Waals surface area contributed by atoms with Crippen molar-refractivity contribution in [3.05, 3.63) is 12.2 Å². The molecule has 2 atom stereocenters. The maximum absolute atomic E-state index is 12.0. The predicted molar refractivity (Wildman–Crippen MR) is 183 cm³/mol. The first-order valence-electron chi connectivity index (χ1n) is 18.2. The standard InChI is InChI=1S/C35H68NO8P/c1-3-5-7-9-11-13-14-15-16-17-18-20-21-23-25-27-34(38)36-29-30-43-45(40,41)44-32-33(37)31-42-35(39)28-26-24-22-19-12-10-8-6-4-2/h15-16,33,37H,3-14,17-32H2,1-2H3,(H,36,38)(H,40,41)/b16-15-. The van der Waals surface area contributed by atoms with Crippen LogP contribution in [0.15, 0.2) is 12.2 Å². The van der Waals surface area contributed by atoms with Crippen molar-refractivity contribution < 1.29 is 37.9 Å². The summed E-state index contributed by atoms with van der Waals surface area (Å²) in [6.07, 6.45) is 30.0. The van der Waals surface area contributed by atoms with Crippen LogP contribution in [0.25, 0.3) is 0 Å². The highest BCUT2D eigenvalue weighted by molar-refractivity contribution is 7.47. The molecule has 9 nitrogen and oxygen atoms in total. The van der Waals surface area contributed by atoms with Gasteiger partial charge in [-0.1, -0.05) is 129 Å². The largest absolute Gasteiger partial charge is 0.472 e. The molecule has 2 unspecified atom stereocenters. The molecule has 0 aliphatic carbocycles. The number of aliphatic hydroxyl groups is 1. The Balaban J connectivity index is 3.63. The van der Waals surface area contributed by atoms with Crippen LogP contribution in [0, 0.1) is 0 Å². The van der Waals surface area contributed by atoms with Gasteiger partial charge >= 0.3 is 13.8 Å². The lowest BCUT2D eigenvalue weighted by atomic mass is 10.1. The Morgan fingerprint density at radius 1 is 0.667 bits per heavy atom. The number of hydrogen-bond acceptors (Lipinski definition) is 7. The van der Waals surface area contributed by atoms with Gasteiger partial charge in [0.05, 0.1) is 13.2 Å². The third-order valence-corrected chi connectivity index (χ3v) is 8.68. The highest BCUT2D eigenvalue weighted by Crippen LogP contribution is 2.42. The Hall–Kier alpha value is -1.25. The molecule has 0 aromatic heterocycles. The molecule has 45 heavy (non-hydrogen) atoms. The first-order chi connectivity index (χ1) is 21.8. The summed E-state index contributed by atoms with van der Waals surface area (Å²) in [6, 6.07) is 0. The van der Waals surface area contributed by atoms with E-state index >= 15 is 0 Å². The zero-order chi connectivity index (χ0) is 33.3. The van der Waals surface area contributed by atoms with Gasteiger partial charge in [-0.25, -0.2) is 4.57 Å². The number of amides is 1. The Morgan fingerprint density at radius 3 is 1.67 bits per heavy atom. The first kappa shape index (κ1) is 43.8. The fourth-order valence-electron chi connectivity index (χ4n) is 4.90. The normalized spacial score (nSPS) is 13.6. The van der Waals surface area contributed by atoms with Crippen molar-refractivity contribution >= 4 is 19.7 Å². The van der Waals surface area contributed by atoms with Gasteiger partial charge in [-0.2, -0.15) is 0 Å². The van der Waals surface area contributed by atoms with Gasteiger partial charge in [0.2, 0.25) is 5.91 Å². The van der Waals surface area contributed by atoms with Crippen LogP contribution in [0.2, 0.25) is 0 Å². The number of phosphoric acid groups is 1. The predicted octanol–water partition coefficient (Wildman–Crippen LogP) is 9.10. The minimum atomic E-state index is -4.40. The van der Waals surface area contributed by atoms with Crippen LogP contribution in [-0.2, 0) is 27.9 Å². The number of aliphatic hydroxyl groups excluding tert-OH is 1. The number of nitrogens with one attached hydrogen (secondary N) is 1. The van der Waals surface area contributed by atoms with Crippen molar-refractivity contribution in [3.8, 4) is 0 Å². The topological polar surface area (TPSA) is 131 Å². The number of phosphoric ester groups is 1. The van der Waals surface area contributed by atoms with Crippen molar-refractivity contribution in [2.45, 2.75) is 174 Å². The second kappa shape index (κ2) is 32.7. The average molecular weight is 662 g/mol. The zero-order valence-electron chi connectivity index (χ0n) is 28.8. The van der Waals surface area contributed by atoms with E-state index in [1.54, 1.807) is 0 Å². The molecule has 0 aliphatic rings. The third kappa shape index (κ3) is 33.9. The van der Waals surface area contributed by atoms with E-state index in [2.05, 4.69) is 31.3 Å². The third-order valence-electron chi connectivity index (χ3n) is 7.70. The number of carbonyl (C=O) groups is 2. The molecule has 0 saturated carbocycles. The van der Waals surface area contributed by atoms with E-state index in [4.69, 9.17) is 13.8 Å². The number of esters is 1. The van der Waals surface area contributed by atoms with Crippen LogP contribution >= 0.6 is 7.82 Å². The lowest BCUT2D eigenvalue weighted by Gasteiger charge is -2.15. The maximum atomic E-state index is 12.0. The molecular formula is C35H68NO8P. The summed E-state index contributed by atoms with van der Waals surface area (Å²) < 4.78 is 26.7. The average Bonchev–Trinajstić information content (AvgIpc) is 3.02. The Bertz CT molecular complexity index is 764. The summed E-state index contributed by atoms with van der Waals surface area (Å²) >= 11 is 0. The van der Waals surface area contributed by atoms with Crippen LogP contribution in [-0.4, -0.2) is 54.3 Å². The van der Waals surface area contributed by atoms with Gasteiger partial charge in [-0.05, 0) is 38.5 Å². The van der Waals surface area contributed by atoms with E-state index in [0.29, 0.717) is 6.42 Å². The van der Waals surface area contributed by atoms with Gasteiger partial charge in [0.15, 0.2) is 0 Å². The van der Waals surface area contributed by atoms with E-state index in [1.165, 1.54) is 96.3 Å². The molecule has 0 aromatic rings. The molecule has 0 heterocycles. The van der Waals surface area contributed by atoms with Crippen LogP contribution in [0.3, 0.4) is 0 Å². The lowest BCUT2D eigenvalue weighted by Crippen LogP contribution is -2.27. The second-order valence-electron chi connectivity index (χ2n) is 12.2. The number of allylic oxidation sites excluding steroid dienone is 2. The molecule has 0 radical (unpaired) electrons. The minimum absolute atomic E-state index is 0.0802. The molecule has 0 aromatic carbocycles. The van der Waals surface area contributed by atoms with Gasteiger partial charge < -0.3 is 20.1 Å². The van der Waals surface area contributed by atoms with Crippen molar-refractivity contribution in [2.75, 3.05) is 26.4 Å². The van der Waals surface area contributed by atoms with Gasteiger partial charge in [0.25, 0.3) is 0 Å². The molecule has 1 amide bonds. The number of hydrogen-bond donors (Lipinski definition) is 3. The molecule has 3 N–H and O–H groups in total. The summed E-state index contributed by atoms with van der Waals surface area (Å²) in [5.41, 5.74) is 0. The smallest absolute Gasteiger partial charge is 0.463 e. The van der Waals surface area contributed by atoms with Crippen LogP contribution in [0.1, 0.15) is 168 Å². The van der Waals surface area contributed by atoms with E-state index in [1.807, 2.05) is 0 Å². The van der Waals surface area contributed by atoms with Crippen LogP contribution in [0.5, 0.6) is 0 Å². The highest BCUT2D eigenvalue weighted by Gasteiger charge is 2.23. The SMILES string of the molecule is CCCCCCCC/C=C\CCCCCCCC(=O)NCCOP(=O)(O)OCC(O)COC(=O)CCCCCCCCCCC. The van der Waals surface area contributed by atoms with Crippen molar-refractivity contribution in [1.82, 2.24) is 5.32 Å². The molecule has 10 heteroatoms. The molecule has 0 aliphatic heterocycles. The lowest BCUT2D eigenvalue weighted by molar-refractivity contribution is -0.147. The number of unbranched alkanes of at least 4 members (excludes halogenated alkanes) is 19. The summed E-state index contributed by atoms with van der Waals surface area (Å²) in [5, 5.41) is 12.6. The maximum Gasteiger partial charge on any atom is 0.472 e. The molecule has 0 bridgehead atoms.